The van der Waals surface area contributed by atoms with E-state index < -0.39 is 35.0 Å². The van der Waals surface area contributed by atoms with Crippen molar-refractivity contribution in [3.8, 4) is 5.75 Å². The van der Waals surface area contributed by atoms with Crippen molar-refractivity contribution in [2.75, 3.05) is 0 Å². The van der Waals surface area contributed by atoms with E-state index in [4.69, 9.17) is 0 Å². The predicted molar refractivity (Wildman–Crippen MR) is 98.0 cm³/mol. The van der Waals surface area contributed by atoms with Crippen LogP contribution in [0, 0.1) is 35.2 Å². The van der Waals surface area contributed by atoms with Gasteiger partial charge >= 0.3 is 6.11 Å². The maximum absolute atomic E-state index is 15.1. The van der Waals surface area contributed by atoms with Crippen molar-refractivity contribution in [1.29, 1.82) is 0 Å². The lowest BCUT2D eigenvalue weighted by Crippen LogP contribution is -2.51. The van der Waals surface area contributed by atoms with Gasteiger partial charge in [-0.2, -0.15) is 8.78 Å². The van der Waals surface area contributed by atoms with E-state index in [1.807, 2.05) is 0 Å². The SMILES string of the molecule is CCCC1CCC(C2CCC(F)(C(F)(F)Oc3cc(F)c(F)c(F)c3)CC2)CC1. The van der Waals surface area contributed by atoms with E-state index in [-0.39, 0.29) is 18.8 Å². The highest BCUT2D eigenvalue weighted by atomic mass is 19.3. The molecular weight excluding hydrogens is 394 g/mol. The van der Waals surface area contributed by atoms with Crippen molar-refractivity contribution in [3.05, 3.63) is 29.6 Å². The second-order valence-corrected chi connectivity index (χ2v) is 8.69. The van der Waals surface area contributed by atoms with Gasteiger partial charge in [0, 0.05) is 12.1 Å². The van der Waals surface area contributed by atoms with Gasteiger partial charge in [0.25, 0.3) is 0 Å². The second-order valence-electron chi connectivity index (χ2n) is 8.69. The van der Waals surface area contributed by atoms with Crippen LogP contribution in [0.2, 0.25) is 0 Å². The summed E-state index contributed by atoms with van der Waals surface area (Å²) in [4.78, 5) is 0. The molecule has 0 bridgehead atoms. The molecular formula is C22H28F6O. The summed E-state index contributed by atoms with van der Waals surface area (Å²) in [6, 6.07) is 0.603. The number of hydrogen-bond acceptors (Lipinski definition) is 1. The molecule has 29 heavy (non-hydrogen) atoms. The first-order chi connectivity index (χ1) is 13.6. The third-order valence-corrected chi connectivity index (χ3v) is 6.80. The number of alkyl halides is 3. The van der Waals surface area contributed by atoms with Crippen molar-refractivity contribution in [1.82, 2.24) is 0 Å². The van der Waals surface area contributed by atoms with Gasteiger partial charge in [-0.1, -0.05) is 32.6 Å². The molecule has 0 atom stereocenters. The molecule has 164 valence electrons. The minimum absolute atomic E-state index is 0.220. The molecule has 0 amide bonds. The van der Waals surface area contributed by atoms with Crippen molar-refractivity contribution in [2.24, 2.45) is 17.8 Å². The van der Waals surface area contributed by atoms with Crippen LogP contribution in [0.4, 0.5) is 26.3 Å². The summed E-state index contributed by atoms with van der Waals surface area (Å²) >= 11 is 0. The Kier molecular flexibility index (Phi) is 6.74. The van der Waals surface area contributed by atoms with Gasteiger partial charge in [-0.3, -0.25) is 0 Å². The van der Waals surface area contributed by atoms with Gasteiger partial charge < -0.3 is 4.74 Å². The zero-order valence-electron chi connectivity index (χ0n) is 16.6. The first kappa shape index (κ1) is 22.3. The Bertz CT molecular complexity index is 668. The number of ether oxygens (including phenoxy) is 1. The van der Waals surface area contributed by atoms with Crippen LogP contribution in [0.25, 0.3) is 0 Å². The normalized spacial score (nSPS) is 30.9. The number of halogens is 6. The van der Waals surface area contributed by atoms with Gasteiger partial charge in [0.05, 0.1) is 0 Å². The Hall–Kier alpha value is -1.40. The molecule has 0 aliphatic heterocycles. The summed E-state index contributed by atoms with van der Waals surface area (Å²) in [5, 5.41) is 0. The van der Waals surface area contributed by atoms with E-state index in [0.717, 1.165) is 31.6 Å². The highest BCUT2D eigenvalue weighted by molar-refractivity contribution is 5.25. The van der Waals surface area contributed by atoms with E-state index in [2.05, 4.69) is 11.7 Å². The van der Waals surface area contributed by atoms with Gasteiger partial charge in [-0.05, 0) is 56.3 Å². The minimum Gasteiger partial charge on any atom is -0.430 e. The largest absolute Gasteiger partial charge is 0.432 e. The molecule has 0 N–H and O–H groups in total. The van der Waals surface area contributed by atoms with E-state index in [1.165, 1.54) is 12.8 Å². The van der Waals surface area contributed by atoms with Crippen molar-refractivity contribution in [3.63, 3.8) is 0 Å². The molecule has 2 fully saturated rings. The summed E-state index contributed by atoms with van der Waals surface area (Å²) in [5.41, 5.74) is -2.91. The van der Waals surface area contributed by atoms with Crippen LogP contribution in [-0.4, -0.2) is 11.8 Å². The van der Waals surface area contributed by atoms with Crippen molar-refractivity contribution < 1.29 is 31.1 Å². The lowest BCUT2D eigenvalue weighted by molar-refractivity contribution is -0.274. The van der Waals surface area contributed by atoms with Crippen molar-refractivity contribution >= 4 is 0 Å². The number of rotatable bonds is 6. The topological polar surface area (TPSA) is 9.23 Å². The first-order valence-electron chi connectivity index (χ1n) is 10.6. The van der Waals surface area contributed by atoms with E-state index in [1.54, 1.807) is 0 Å². The molecule has 2 saturated carbocycles. The average Bonchev–Trinajstić information content (AvgIpc) is 2.67. The van der Waals surface area contributed by atoms with Crippen LogP contribution in [0.3, 0.4) is 0 Å². The van der Waals surface area contributed by atoms with Gasteiger partial charge in [0.1, 0.15) is 5.75 Å². The number of hydrogen-bond donors (Lipinski definition) is 0. The van der Waals surface area contributed by atoms with Crippen LogP contribution in [0.15, 0.2) is 12.1 Å². The molecule has 1 nitrogen and oxygen atoms in total. The molecule has 1 aromatic carbocycles. The molecule has 2 aliphatic carbocycles. The summed E-state index contributed by atoms with van der Waals surface area (Å²) in [5.74, 6) is -4.63. The predicted octanol–water partition coefficient (Wildman–Crippen LogP) is 7.58. The maximum atomic E-state index is 15.1. The second kappa shape index (κ2) is 8.76. The first-order valence-corrected chi connectivity index (χ1v) is 10.6. The zero-order chi connectivity index (χ0) is 21.2. The Balaban J connectivity index is 1.59. The molecule has 7 heteroatoms. The molecule has 3 rings (SSSR count). The Morgan fingerprint density at radius 2 is 1.45 bits per heavy atom. The monoisotopic (exact) mass is 422 g/mol. The number of benzene rings is 1. The van der Waals surface area contributed by atoms with Gasteiger partial charge in [-0.25, -0.2) is 17.6 Å². The molecule has 0 heterocycles. The summed E-state index contributed by atoms with van der Waals surface area (Å²) in [6.07, 6.45) is 2.50. The Morgan fingerprint density at radius 1 is 0.931 bits per heavy atom. The van der Waals surface area contributed by atoms with Crippen LogP contribution in [0.1, 0.15) is 71.1 Å². The van der Waals surface area contributed by atoms with Crippen LogP contribution >= 0.6 is 0 Å². The highest BCUT2D eigenvalue weighted by Crippen LogP contribution is 2.50. The maximum Gasteiger partial charge on any atom is 0.432 e. The fraction of sp³-hybridized carbons (Fsp3) is 0.727. The quantitative estimate of drug-likeness (QED) is 0.339. The van der Waals surface area contributed by atoms with Gasteiger partial charge in [-0.15, -0.1) is 0 Å². The molecule has 2 aliphatic rings. The van der Waals surface area contributed by atoms with Crippen LogP contribution in [-0.2, 0) is 0 Å². The van der Waals surface area contributed by atoms with Gasteiger partial charge in [0.15, 0.2) is 17.5 Å². The molecule has 1 aromatic rings. The van der Waals surface area contributed by atoms with E-state index in [0.29, 0.717) is 30.9 Å². The fourth-order valence-corrected chi connectivity index (χ4v) is 5.05. The molecule has 0 spiro atoms. The average molecular weight is 422 g/mol. The Labute approximate surface area is 167 Å². The molecule has 0 radical (unpaired) electrons. The lowest BCUT2D eigenvalue weighted by Gasteiger charge is -2.42. The minimum atomic E-state index is -4.26. The summed E-state index contributed by atoms with van der Waals surface area (Å²) in [7, 11) is 0. The molecule has 0 saturated heterocycles. The molecule has 0 unspecified atom stereocenters. The third kappa shape index (κ3) is 4.85. The summed E-state index contributed by atoms with van der Waals surface area (Å²) in [6.45, 7) is 2.17. The van der Waals surface area contributed by atoms with Crippen LogP contribution < -0.4 is 4.74 Å². The highest BCUT2D eigenvalue weighted by Gasteiger charge is 2.59. The van der Waals surface area contributed by atoms with E-state index >= 15 is 4.39 Å². The van der Waals surface area contributed by atoms with Crippen molar-refractivity contribution in [2.45, 2.75) is 82.9 Å². The smallest absolute Gasteiger partial charge is 0.430 e. The lowest BCUT2D eigenvalue weighted by atomic mass is 9.68. The fourth-order valence-electron chi connectivity index (χ4n) is 5.05. The zero-order valence-corrected chi connectivity index (χ0v) is 16.6. The molecule has 0 aromatic heterocycles. The van der Waals surface area contributed by atoms with E-state index in [9.17, 15) is 22.0 Å². The standard InChI is InChI=1S/C22H28F6O/c1-2-3-14-4-6-15(7-5-14)16-8-10-21(26,11-9-16)22(27,28)29-17-12-18(23)20(25)19(24)13-17/h12-16H,2-11H2,1H3. The summed E-state index contributed by atoms with van der Waals surface area (Å²) < 4.78 is 87.9. The third-order valence-electron chi connectivity index (χ3n) is 6.80. The Morgan fingerprint density at radius 3 is 1.97 bits per heavy atom. The van der Waals surface area contributed by atoms with Gasteiger partial charge in [0.2, 0.25) is 5.67 Å². The van der Waals surface area contributed by atoms with Crippen LogP contribution in [0.5, 0.6) is 5.75 Å².